The summed E-state index contributed by atoms with van der Waals surface area (Å²) in [7, 11) is 0. The van der Waals surface area contributed by atoms with E-state index < -0.39 is 0 Å². The van der Waals surface area contributed by atoms with E-state index in [1.807, 2.05) is 42.5 Å². The molecule has 144 valence electrons. The van der Waals surface area contributed by atoms with Crippen molar-refractivity contribution >= 4 is 22.9 Å². The van der Waals surface area contributed by atoms with Gasteiger partial charge in [-0.15, -0.1) is 0 Å². The third-order valence-corrected chi connectivity index (χ3v) is 4.87. The summed E-state index contributed by atoms with van der Waals surface area (Å²) in [4.78, 5) is 35.0. The van der Waals surface area contributed by atoms with Gasteiger partial charge in [0.05, 0.1) is 18.2 Å². The molecule has 0 spiro atoms. The van der Waals surface area contributed by atoms with Crippen molar-refractivity contribution in [3.63, 3.8) is 0 Å². The first-order valence-electron chi connectivity index (χ1n) is 9.49. The van der Waals surface area contributed by atoms with Gasteiger partial charge in [0.1, 0.15) is 5.52 Å². The lowest BCUT2D eigenvalue weighted by molar-refractivity contribution is -0.129. The average Bonchev–Trinajstić information content (AvgIpc) is 3.29. The van der Waals surface area contributed by atoms with E-state index >= 15 is 0 Å². The van der Waals surface area contributed by atoms with Crippen molar-refractivity contribution in [2.24, 2.45) is 5.92 Å². The van der Waals surface area contributed by atoms with Crippen LogP contribution in [0.15, 0.2) is 53.1 Å². The van der Waals surface area contributed by atoms with Crippen molar-refractivity contribution in [3.8, 4) is 0 Å². The van der Waals surface area contributed by atoms with Crippen molar-refractivity contribution < 1.29 is 14.0 Å². The molecule has 7 heteroatoms. The van der Waals surface area contributed by atoms with Crippen LogP contribution in [0.4, 0.5) is 0 Å². The van der Waals surface area contributed by atoms with Gasteiger partial charge in [0.2, 0.25) is 11.8 Å². The summed E-state index contributed by atoms with van der Waals surface area (Å²) in [5.74, 6) is 0.292. The van der Waals surface area contributed by atoms with E-state index in [4.69, 9.17) is 4.42 Å². The highest BCUT2D eigenvalue weighted by Crippen LogP contribution is 2.20. The van der Waals surface area contributed by atoms with Crippen LogP contribution in [0.25, 0.3) is 11.1 Å². The summed E-state index contributed by atoms with van der Waals surface area (Å²) in [6.45, 7) is 1.41. The number of aryl methyl sites for hydroxylation is 1. The number of hydrogen-bond donors (Lipinski definition) is 1. The standard InChI is InChI=1S/C21H22N4O3/c26-20-12-15(13-25(20)14-16-6-3-4-10-22-16)21(27)23-11-5-9-19-24-17-7-1-2-8-18(17)28-19/h1-4,6-8,10,15H,5,9,11-14H2,(H,23,27)/t15-/m0/s1. The fraction of sp³-hybridized carbons (Fsp3) is 0.333. The molecular formula is C21H22N4O3. The number of aromatic nitrogens is 2. The lowest BCUT2D eigenvalue weighted by Gasteiger charge is -2.16. The van der Waals surface area contributed by atoms with Crippen LogP contribution >= 0.6 is 0 Å². The molecule has 0 saturated carbocycles. The molecule has 2 amide bonds. The number of oxazole rings is 1. The molecule has 1 N–H and O–H groups in total. The summed E-state index contributed by atoms with van der Waals surface area (Å²) in [6, 6.07) is 13.3. The Labute approximate surface area is 162 Å². The molecule has 2 aromatic heterocycles. The lowest BCUT2D eigenvalue weighted by Crippen LogP contribution is -2.33. The summed E-state index contributed by atoms with van der Waals surface area (Å²) >= 11 is 0. The van der Waals surface area contributed by atoms with Crippen LogP contribution in [-0.2, 0) is 22.6 Å². The van der Waals surface area contributed by atoms with Gasteiger partial charge in [0.15, 0.2) is 11.5 Å². The number of likely N-dealkylation sites (tertiary alicyclic amines) is 1. The van der Waals surface area contributed by atoms with Gasteiger partial charge in [0, 0.05) is 32.1 Å². The van der Waals surface area contributed by atoms with Crippen LogP contribution < -0.4 is 5.32 Å². The van der Waals surface area contributed by atoms with E-state index in [1.54, 1.807) is 11.1 Å². The first-order chi connectivity index (χ1) is 13.7. The Hall–Kier alpha value is -3.22. The Bertz CT molecular complexity index is 937. The van der Waals surface area contributed by atoms with Crippen molar-refractivity contribution in [2.45, 2.75) is 25.8 Å². The Kier molecular flexibility index (Phi) is 5.32. The molecule has 7 nitrogen and oxygen atoms in total. The highest BCUT2D eigenvalue weighted by atomic mass is 16.3. The Morgan fingerprint density at radius 1 is 1.21 bits per heavy atom. The zero-order chi connectivity index (χ0) is 19.3. The molecule has 0 radical (unpaired) electrons. The van der Waals surface area contributed by atoms with Crippen LogP contribution in [0, 0.1) is 5.92 Å². The number of carbonyl (C=O) groups excluding carboxylic acids is 2. The van der Waals surface area contributed by atoms with Gasteiger partial charge in [-0.05, 0) is 30.7 Å². The highest BCUT2D eigenvalue weighted by molar-refractivity contribution is 5.89. The maximum absolute atomic E-state index is 12.4. The van der Waals surface area contributed by atoms with E-state index in [2.05, 4.69) is 15.3 Å². The fourth-order valence-corrected chi connectivity index (χ4v) is 3.41. The molecule has 0 bridgehead atoms. The van der Waals surface area contributed by atoms with E-state index in [0.29, 0.717) is 31.9 Å². The number of benzene rings is 1. The number of nitrogens with zero attached hydrogens (tertiary/aromatic N) is 3. The van der Waals surface area contributed by atoms with Crippen LogP contribution in [0.5, 0.6) is 0 Å². The number of carbonyl (C=O) groups is 2. The maximum Gasteiger partial charge on any atom is 0.225 e. The Morgan fingerprint density at radius 2 is 2.07 bits per heavy atom. The number of hydrogen-bond acceptors (Lipinski definition) is 5. The van der Waals surface area contributed by atoms with Crippen LogP contribution in [0.1, 0.15) is 24.4 Å². The van der Waals surface area contributed by atoms with Crippen LogP contribution in [-0.4, -0.2) is 39.8 Å². The summed E-state index contributed by atoms with van der Waals surface area (Å²) in [5.41, 5.74) is 2.45. The van der Waals surface area contributed by atoms with Crippen molar-refractivity contribution in [1.82, 2.24) is 20.2 Å². The number of pyridine rings is 1. The van der Waals surface area contributed by atoms with Gasteiger partial charge in [-0.2, -0.15) is 0 Å². The van der Waals surface area contributed by atoms with Gasteiger partial charge < -0.3 is 14.6 Å². The average molecular weight is 378 g/mol. The monoisotopic (exact) mass is 378 g/mol. The third-order valence-electron chi connectivity index (χ3n) is 4.87. The number of nitrogens with one attached hydrogen (secondary N) is 1. The molecule has 1 aliphatic heterocycles. The fourth-order valence-electron chi connectivity index (χ4n) is 3.41. The normalized spacial score (nSPS) is 16.6. The second kappa shape index (κ2) is 8.21. The summed E-state index contributed by atoms with van der Waals surface area (Å²) in [5, 5.41) is 2.93. The Morgan fingerprint density at radius 3 is 2.89 bits per heavy atom. The molecule has 3 heterocycles. The van der Waals surface area contributed by atoms with E-state index in [9.17, 15) is 9.59 Å². The van der Waals surface area contributed by atoms with Gasteiger partial charge in [-0.1, -0.05) is 18.2 Å². The molecule has 4 rings (SSSR count). The molecule has 0 aliphatic carbocycles. The minimum Gasteiger partial charge on any atom is -0.441 e. The highest BCUT2D eigenvalue weighted by Gasteiger charge is 2.34. The van der Waals surface area contributed by atoms with Gasteiger partial charge in [-0.3, -0.25) is 14.6 Å². The van der Waals surface area contributed by atoms with Crippen molar-refractivity contribution in [3.05, 3.63) is 60.2 Å². The van der Waals surface area contributed by atoms with Crippen molar-refractivity contribution in [1.29, 1.82) is 0 Å². The summed E-state index contributed by atoms with van der Waals surface area (Å²) < 4.78 is 5.68. The third kappa shape index (κ3) is 4.19. The quantitative estimate of drug-likeness (QED) is 0.638. The molecule has 1 aromatic carbocycles. The van der Waals surface area contributed by atoms with Gasteiger partial charge >= 0.3 is 0 Å². The first-order valence-corrected chi connectivity index (χ1v) is 9.49. The van der Waals surface area contributed by atoms with Crippen LogP contribution in [0.3, 0.4) is 0 Å². The summed E-state index contributed by atoms with van der Waals surface area (Å²) in [6.07, 6.45) is 3.35. The number of para-hydroxylation sites is 2. The minimum absolute atomic E-state index is 0.00252. The van der Waals surface area contributed by atoms with E-state index in [1.165, 1.54) is 0 Å². The number of amides is 2. The van der Waals surface area contributed by atoms with Gasteiger partial charge in [0.25, 0.3) is 0 Å². The second-order valence-electron chi connectivity index (χ2n) is 6.97. The Balaban J connectivity index is 1.22. The SMILES string of the molecule is O=C(NCCCc1nc2ccccc2o1)[C@H]1CC(=O)N(Cc2ccccn2)C1. The predicted octanol–water partition coefficient (Wildman–Crippen LogP) is 2.32. The molecule has 1 atom stereocenters. The molecule has 3 aromatic rings. The zero-order valence-corrected chi connectivity index (χ0v) is 15.5. The predicted molar refractivity (Wildman–Crippen MR) is 103 cm³/mol. The molecule has 1 aliphatic rings. The zero-order valence-electron chi connectivity index (χ0n) is 15.5. The van der Waals surface area contributed by atoms with E-state index in [0.717, 1.165) is 23.2 Å². The van der Waals surface area contributed by atoms with E-state index in [-0.39, 0.29) is 24.2 Å². The largest absolute Gasteiger partial charge is 0.441 e. The molecule has 1 fully saturated rings. The maximum atomic E-state index is 12.4. The van der Waals surface area contributed by atoms with Crippen molar-refractivity contribution in [2.75, 3.05) is 13.1 Å². The first kappa shape index (κ1) is 18.2. The molecular weight excluding hydrogens is 356 g/mol. The molecule has 1 saturated heterocycles. The second-order valence-corrected chi connectivity index (χ2v) is 6.97. The number of rotatable bonds is 7. The number of fused-ring (bicyclic) bond motifs is 1. The van der Waals surface area contributed by atoms with Crippen LogP contribution in [0.2, 0.25) is 0 Å². The minimum atomic E-state index is -0.305. The lowest BCUT2D eigenvalue weighted by atomic mass is 10.1. The molecule has 28 heavy (non-hydrogen) atoms. The molecule has 0 unspecified atom stereocenters. The topological polar surface area (TPSA) is 88.3 Å². The van der Waals surface area contributed by atoms with Gasteiger partial charge in [-0.25, -0.2) is 4.98 Å². The smallest absolute Gasteiger partial charge is 0.225 e.